The summed E-state index contributed by atoms with van der Waals surface area (Å²) >= 11 is 0. The van der Waals surface area contributed by atoms with Crippen LogP contribution in [-0.2, 0) is 11.3 Å². The summed E-state index contributed by atoms with van der Waals surface area (Å²) in [6.45, 7) is 4.51. The monoisotopic (exact) mass is 319 g/mol. The molecule has 0 spiro atoms. The third-order valence-corrected chi connectivity index (χ3v) is 4.93. The molecule has 2 unspecified atom stereocenters. The minimum Gasteiger partial charge on any atom is -0.354 e. The van der Waals surface area contributed by atoms with Crippen LogP contribution < -0.4 is 10.6 Å². The van der Waals surface area contributed by atoms with E-state index in [1.807, 2.05) is 0 Å². The number of nitrogens with one attached hydrogen (secondary N) is 2. The fraction of sp³-hybridized carbons (Fsp3) is 0.611. The molecule has 2 atom stereocenters. The molecule has 1 aromatic rings. The van der Waals surface area contributed by atoms with Crippen molar-refractivity contribution in [2.24, 2.45) is 5.92 Å². The van der Waals surface area contributed by atoms with Gasteiger partial charge >= 0.3 is 0 Å². The highest BCUT2D eigenvalue weighted by molar-refractivity contribution is 5.82. The van der Waals surface area contributed by atoms with Gasteiger partial charge in [-0.1, -0.05) is 12.1 Å². The zero-order chi connectivity index (χ0) is 16.1. The van der Waals surface area contributed by atoms with Gasteiger partial charge in [-0.15, -0.1) is 0 Å². The number of piperidine rings is 1. The first kappa shape index (κ1) is 16.4. The Morgan fingerprint density at radius 2 is 2.09 bits per heavy atom. The molecule has 126 valence electrons. The van der Waals surface area contributed by atoms with E-state index in [4.69, 9.17) is 0 Å². The van der Waals surface area contributed by atoms with Crippen LogP contribution in [0.2, 0.25) is 0 Å². The van der Waals surface area contributed by atoms with Gasteiger partial charge in [0.15, 0.2) is 0 Å². The smallest absolute Gasteiger partial charge is 0.237 e. The van der Waals surface area contributed by atoms with Crippen LogP contribution in [0.1, 0.15) is 31.2 Å². The predicted octanol–water partition coefficient (Wildman–Crippen LogP) is 1.91. The molecule has 0 aliphatic carbocycles. The summed E-state index contributed by atoms with van der Waals surface area (Å²) in [5, 5.41) is 6.52. The molecule has 23 heavy (non-hydrogen) atoms. The van der Waals surface area contributed by atoms with Crippen molar-refractivity contribution in [3.05, 3.63) is 35.6 Å². The number of halogens is 1. The van der Waals surface area contributed by atoms with E-state index in [1.54, 1.807) is 12.1 Å². The molecule has 0 saturated carbocycles. The SMILES string of the molecule is O=C(NCC1CCCNC1)C1CCCN1Cc1ccc(F)cc1. The molecular weight excluding hydrogens is 293 g/mol. The quantitative estimate of drug-likeness (QED) is 0.871. The van der Waals surface area contributed by atoms with Crippen molar-refractivity contribution in [3.63, 3.8) is 0 Å². The van der Waals surface area contributed by atoms with Gasteiger partial charge in [-0.3, -0.25) is 9.69 Å². The standard InChI is InChI=1S/C18H26FN3O/c19-16-7-5-14(6-8-16)13-22-10-2-4-17(22)18(23)21-12-15-3-1-9-20-11-15/h5-8,15,17,20H,1-4,9-13H2,(H,21,23). The summed E-state index contributed by atoms with van der Waals surface area (Å²) in [6.07, 6.45) is 4.35. The highest BCUT2D eigenvalue weighted by Crippen LogP contribution is 2.20. The van der Waals surface area contributed by atoms with Gasteiger partial charge in [0, 0.05) is 13.1 Å². The van der Waals surface area contributed by atoms with Gasteiger partial charge in [0.05, 0.1) is 6.04 Å². The third kappa shape index (κ3) is 4.52. The first-order valence-corrected chi connectivity index (χ1v) is 8.69. The van der Waals surface area contributed by atoms with Crippen molar-refractivity contribution in [3.8, 4) is 0 Å². The van der Waals surface area contributed by atoms with Gasteiger partial charge in [-0.25, -0.2) is 4.39 Å². The van der Waals surface area contributed by atoms with E-state index in [9.17, 15) is 9.18 Å². The van der Waals surface area contributed by atoms with Crippen molar-refractivity contribution in [1.82, 2.24) is 15.5 Å². The molecule has 0 radical (unpaired) electrons. The largest absolute Gasteiger partial charge is 0.354 e. The van der Waals surface area contributed by atoms with E-state index in [0.717, 1.165) is 44.6 Å². The zero-order valence-electron chi connectivity index (χ0n) is 13.6. The minimum atomic E-state index is -0.217. The number of hydrogen-bond donors (Lipinski definition) is 2. The number of carbonyl (C=O) groups excluding carboxylic acids is 1. The molecule has 0 bridgehead atoms. The van der Waals surface area contributed by atoms with Crippen LogP contribution >= 0.6 is 0 Å². The number of hydrogen-bond acceptors (Lipinski definition) is 3. The summed E-state index contributed by atoms with van der Waals surface area (Å²) in [5.41, 5.74) is 1.06. The van der Waals surface area contributed by atoms with Crippen LogP contribution in [0.25, 0.3) is 0 Å². The molecular formula is C18H26FN3O. The Balaban J connectivity index is 1.51. The number of amides is 1. The lowest BCUT2D eigenvalue weighted by Crippen LogP contribution is -2.46. The first-order chi connectivity index (χ1) is 11.2. The number of likely N-dealkylation sites (tertiary alicyclic amines) is 1. The van der Waals surface area contributed by atoms with E-state index in [2.05, 4.69) is 15.5 Å². The molecule has 2 heterocycles. The maximum atomic E-state index is 13.0. The summed E-state index contributed by atoms with van der Waals surface area (Å²) in [4.78, 5) is 14.7. The molecule has 5 heteroatoms. The van der Waals surface area contributed by atoms with E-state index < -0.39 is 0 Å². The molecule has 2 fully saturated rings. The van der Waals surface area contributed by atoms with Gasteiger partial charge in [0.1, 0.15) is 5.82 Å². The number of rotatable bonds is 5. The maximum absolute atomic E-state index is 13.0. The summed E-state index contributed by atoms with van der Waals surface area (Å²) in [7, 11) is 0. The van der Waals surface area contributed by atoms with Crippen LogP contribution in [0, 0.1) is 11.7 Å². The molecule has 2 N–H and O–H groups in total. The normalized spacial score (nSPS) is 25.4. The Morgan fingerprint density at radius 1 is 1.26 bits per heavy atom. The fourth-order valence-electron chi connectivity index (χ4n) is 3.60. The van der Waals surface area contributed by atoms with Crippen molar-refractivity contribution in [2.75, 3.05) is 26.2 Å². The Kier molecular flexibility index (Phi) is 5.62. The van der Waals surface area contributed by atoms with Crippen LogP contribution in [0.4, 0.5) is 4.39 Å². The van der Waals surface area contributed by atoms with Crippen LogP contribution in [-0.4, -0.2) is 43.0 Å². The Labute approximate surface area is 137 Å². The Hall–Kier alpha value is -1.46. The lowest BCUT2D eigenvalue weighted by Gasteiger charge is -2.26. The van der Waals surface area contributed by atoms with Crippen LogP contribution in [0.5, 0.6) is 0 Å². The number of nitrogens with zero attached hydrogens (tertiary/aromatic N) is 1. The fourth-order valence-corrected chi connectivity index (χ4v) is 3.60. The molecule has 1 aromatic carbocycles. The molecule has 2 aliphatic heterocycles. The predicted molar refractivity (Wildman–Crippen MR) is 88.4 cm³/mol. The van der Waals surface area contributed by atoms with Gasteiger partial charge in [0.2, 0.25) is 5.91 Å². The second kappa shape index (κ2) is 7.88. The minimum absolute atomic E-state index is 0.0448. The third-order valence-electron chi connectivity index (χ3n) is 4.93. The van der Waals surface area contributed by atoms with E-state index in [-0.39, 0.29) is 17.8 Å². The highest BCUT2D eigenvalue weighted by Gasteiger charge is 2.30. The average Bonchev–Trinajstić information content (AvgIpc) is 3.04. The van der Waals surface area contributed by atoms with Crippen molar-refractivity contribution in [2.45, 2.75) is 38.3 Å². The van der Waals surface area contributed by atoms with Crippen LogP contribution in [0.3, 0.4) is 0 Å². The molecule has 0 aromatic heterocycles. The lowest BCUT2D eigenvalue weighted by molar-refractivity contribution is -0.125. The molecule has 4 nitrogen and oxygen atoms in total. The topological polar surface area (TPSA) is 44.4 Å². The summed E-state index contributed by atoms with van der Waals surface area (Å²) in [5.74, 6) is 0.486. The summed E-state index contributed by atoms with van der Waals surface area (Å²) in [6, 6.07) is 6.52. The zero-order valence-corrected chi connectivity index (χ0v) is 13.6. The van der Waals surface area contributed by atoms with Crippen LogP contribution in [0.15, 0.2) is 24.3 Å². The Bertz CT molecular complexity index is 514. The second-order valence-electron chi connectivity index (χ2n) is 6.71. The number of carbonyl (C=O) groups is 1. The molecule has 3 rings (SSSR count). The van der Waals surface area contributed by atoms with Gasteiger partial charge in [-0.05, 0) is 68.9 Å². The molecule has 2 saturated heterocycles. The van der Waals surface area contributed by atoms with Gasteiger partial charge < -0.3 is 10.6 Å². The highest BCUT2D eigenvalue weighted by atomic mass is 19.1. The van der Waals surface area contributed by atoms with E-state index >= 15 is 0 Å². The van der Waals surface area contributed by atoms with Crippen molar-refractivity contribution in [1.29, 1.82) is 0 Å². The summed E-state index contributed by atoms with van der Waals surface area (Å²) < 4.78 is 13.0. The number of benzene rings is 1. The molecule has 2 aliphatic rings. The Morgan fingerprint density at radius 3 is 2.83 bits per heavy atom. The average molecular weight is 319 g/mol. The van der Waals surface area contributed by atoms with E-state index in [0.29, 0.717) is 12.5 Å². The molecule has 1 amide bonds. The first-order valence-electron chi connectivity index (χ1n) is 8.69. The lowest BCUT2D eigenvalue weighted by atomic mass is 9.99. The maximum Gasteiger partial charge on any atom is 0.237 e. The van der Waals surface area contributed by atoms with E-state index in [1.165, 1.54) is 25.0 Å². The second-order valence-corrected chi connectivity index (χ2v) is 6.71. The van der Waals surface area contributed by atoms with Gasteiger partial charge in [-0.2, -0.15) is 0 Å². The van der Waals surface area contributed by atoms with Gasteiger partial charge in [0.25, 0.3) is 0 Å². The van der Waals surface area contributed by atoms with Crippen molar-refractivity contribution < 1.29 is 9.18 Å². The van der Waals surface area contributed by atoms with Crippen molar-refractivity contribution >= 4 is 5.91 Å².